The minimum absolute atomic E-state index is 0.298. The normalized spacial score (nSPS) is 11.8. The Morgan fingerprint density at radius 1 is 1.21 bits per heavy atom. The van der Waals surface area contributed by atoms with Crippen molar-refractivity contribution in [2.75, 3.05) is 0 Å². The van der Waals surface area contributed by atoms with E-state index in [0.29, 0.717) is 11.4 Å². The summed E-state index contributed by atoms with van der Waals surface area (Å²) in [5.41, 5.74) is 3.27. The molecule has 1 heterocycles. The van der Waals surface area contributed by atoms with Gasteiger partial charge in [-0.1, -0.05) is 36.8 Å². The number of rotatable bonds is 6. The molecule has 128 valence electrons. The zero-order valence-corrected chi connectivity index (χ0v) is 15.3. The Morgan fingerprint density at radius 2 is 1.88 bits per heavy atom. The van der Waals surface area contributed by atoms with Crippen molar-refractivity contribution in [3.05, 3.63) is 56.8 Å². The third kappa shape index (κ3) is 4.68. The monoisotopic (exact) mass is 345 g/mol. The van der Waals surface area contributed by atoms with Gasteiger partial charge in [-0.15, -0.1) is 11.3 Å². The molecule has 1 amide bonds. The predicted molar refractivity (Wildman–Crippen MR) is 96.3 cm³/mol. The van der Waals surface area contributed by atoms with E-state index in [9.17, 15) is 9.59 Å². The Hall–Kier alpha value is -2.14. The number of nitrogens with one attached hydrogen (secondary N) is 1. The van der Waals surface area contributed by atoms with Gasteiger partial charge in [-0.3, -0.25) is 4.79 Å². The summed E-state index contributed by atoms with van der Waals surface area (Å²) in [6, 6.07) is 9.74. The van der Waals surface area contributed by atoms with Crippen LogP contribution >= 0.6 is 11.3 Å². The van der Waals surface area contributed by atoms with Crippen LogP contribution in [0.2, 0.25) is 0 Å². The molecule has 1 N–H and O–H groups in total. The van der Waals surface area contributed by atoms with Gasteiger partial charge in [0.2, 0.25) is 0 Å². The summed E-state index contributed by atoms with van der Waals surface area (Å²) in [5.74, 6) is -0.742. The molecule has 0 aliphatic heterocycles. The van der Waals surface area contributed by atoms with Crippen molar-refractivity contribution in [1.29, 1.82) is 0 Å². The predicted octanol–water partition coefficient (Wildman–Crippen LogP) is 3.79. The van der Waals surface area contributed by atoms with Gasteiger partial charge in [-0.2, -0.15) is 0 Å². The number of hydrogen-bond donors (Lipinski definition) is 1. The molecule has 24 heavy (non-hydrogen) atoms. The van der Waals surface area contributed by atoms with E-state index < -0.39 is 12.1 Å². The van der Waals surface area contributed by atoms with Crippen LogP contribution in [-0.2, 0) is 22.5 Å². The Kier molecular flexibility index (Phi) is 6.15. The highest BCUT2D eigenvalue weighted by Gasteiger charge is 2.20. The molecule has 1 aromatic carbocycles. The summed E-state index contributed by atoms with van der Waals surface area (Å²) in [6.45, 7) is 8.04. The molecule has 0 saturated carbocycles. The van der Waals surface area contributed by atoms with Crippen molar-refractivity contribution < 1.29 is 14.3 Å². The lowest BCUT2D eigenvalue weighted by Gasteiger charge is -2.13. The summed E-state index contributed by atoms with van der Waals surface area (Å²) in [7, 11) is 0. The molecule has 1 aromatic heterocycles. The largest absolute Gasteiger partial charge is 0.448 e. The molecular formula is C19H23NO3S. The lowest BCUT2D eigenvalue weighted by Crippen LogP contribution is -2.35. The lowest BCUT2D eigenvalue weighted by molar-refractivity contribution is -0.129. The summed E-state index contributed by atoms with van der Waals surface area (Å²) < 4.78 is 5.28. The Bertz CT molecular complexity index is 719. The van der Waals surface area contributed by atoms with Crippen molar-refractivity contribution in [2.45, 2.75) is 46.8 Å². The van der Waals surface area contributed by atoms with E-state index in [4.69, 9.17) is 4.74 Å². The number of aryl methyl sites for hydroxylation is 3. The molecule has 1 atom stereocenters. The van der Waals surface area contributed by atoms with Crippen molar-refractivity contribution in [2.24, 2.45) is 0 Å². The minimum Gasteiger partial charge on any atom is -0.448 e. The average Bonchev–Trinajstić information content (AvgIpc) is 2.95. The van der Waals surface area contributed by atoms with E-state index in [1.807, 2.05) is 44.2 Å². The lowest BCUT2D eigenvalue weighted by atomic mass is 10.1. The quantitative estimate of drug-likeness (QED) is 0.811. The standard InChI is InChI=1S/C19H23NO3S/c1-5-16-13(3)10-17(24-16)19(22)23-14(4)18(21)20-11-15-8-6-12(2)7-9-15/h6-10,14H,5,11H2,1-4H3,(H,20,21). The maximum atomic E-state index is 12.2. The van der Waals surface area contributed by atoms with Gasteiger partial charge < -0.3 is 10.1 Å². The SMILES string of the molecule is CCc1sc(C(=O)OC(C)C(=O)NCc2ccc(C)cc2)cc1C. The second-order valence-electron chi connectivity index (χ2n) is 5.82. The number of amides is 1. The fourth-order valence-electron chi connectivity index (χ4n) is 2.28. The van der Waals surface area contributed by atoms with Crippen LogP contribution in [0.15, 0.2) is 30.3 Å². The van der Waals surface area contributed by atoms with Crippen LogP contribution in [-0.4, -0.2) is 18.0 Å². The third-order valence-electron chi connectivity index (χ3n) is 3.78. The first-order valence-electron chi connectivity index (χ1n) is 8.04. The maximum Gasteiger partial charge on any atom is 0.349 e. The van der Waals surface area contributed by atoms with Crippen LogP contribution in [0.1, 0.15) is 45.1 Å². The molecule has 1 unspecified atom stereocenters. The van der Waals surface area contributed by atoms with E-state index in [1.54, 1.807) is 6.92 Å². The van der Waals surface area contributed by atoms with Crippen LogP contribution in [0.25, 0.3) is 0 Å². The average molecular weight is 345 g/mol. The van der Waals surface area contributed by atoms with Crippen molar-refractivity contribution in [3.8, 4) is 0 Å². The first kappa shape index (κ1) is 18.2. The van der Waals surface area contributed by atoms with Crippen LogP contribution in [0.5, 0.6) is 0 Å². The molecule has 0 bridgehead atoms. The molecule has 2 rings (SSSR count). The molecule has 0 radical (unpaired) electrons. The van der Waals surface area contributed by atoms with Crippen LogP contribution in [0.3, 0.4) is 0 Å². The number of hydrogen-bond acceptors (Lipinski definition) is 4. The maximum absolute atomic E-state index is 12.2. The van der Waals surface area contributed by atoms with Gasteiger partial charge in [-0.05, 0) is 44.4 Å². The first-order chi connectivity index (χ1) is 11.4. The number of thiophene rings is 1. The zero-order chi connectivity index (χ0) is 17.7. The van der Waals surface area contributed by atoms with Gasteiger partial charge in [0.1, 0.15) is 4.88 Å². The Balaban J connectivity index is 1.88. The van der Waals surface area contributed by atoms with E-state index >= 15 is 0 Å². The number of esters is 1. The highest BCUT2D eigenvalue weighted by Crippen LogP contribution is 2.23. The first-order valence-corrected chi connectivity index (χ1v) is 8.86. The van der Waals surface area contributed by atoms with E-state index in [0.717, 1.165) is 17.5 Å². The summed E-state index contributed by atoms with van der Waals surface area (Å²) in [5, 5.41) is 2.79. The van der Waals surface area contributed by atoms with Gasteiger partial charge in [0.15, 0.2) is 6.10 Å². The summed E-state index contributed by atoms with van der Waals surface area (Å²) in [4.78, 5) is 26.0. The van der Waals surface area contributed by atoms with E-state index in [2.05, 4.69) is 12.2 Å². The summed E-state index contributed by atoms with van der Waals surface area (Å²) in [6.07, 6.45) is 0.0616. The highest BCUT2D eigenvalue weighted by atomic mass is 32.1. The molecule has 2 aromatic rings. The summed E-state index contributed by atoms with van der Waals surface area (Å²) >= 11 is 1.43. The van der Waals surface area contributed by atoms with Crippen molar-refractivity contribution >= 4 is 23.2 Å². The molecule has 0 fully saturated rings. The van der Waals surface area contributed by atoms with Crippen LogP contribution in [0.4, 0.5) is 0 Å². The fraction of sp³-hybridized carbons (Fsp3) is 0.368. The van der Waals surface area contributed by atoms with E-state index in [1.165, 1.54) is 21.8 Å². The molecular weight excluding hydrogens is 322 g/mol. The van der Waals surface area contributed by atoms with Gasteiger partial charge in [0.25, 0.3) is 5.91 Å². The third-order valence-corrected chi connectivity index (χ3v) is 5.14. The van der Waals surface area contributed by atoms with Crippen molar-refractivity contribution in [1.82, 2.24) is 5.32 Å². The van der Waals surface area contributed by atoms with E-state index in [-0.39, 0.29) is 5.91 Å². The number of carbonyl (C=O) groups is 2. The molecule has 4 nitrogen and oxygen atoms in total. The van der Waals surface area contributed by atoms with Gasteiger partial charge in [-0.25, -0.2) is 4.79 Å². The zero-order valence-electron chi connectivity index (χ0n) is 14.5. The Labute approximate surface area is 146 Å². The minimum atomic E-state index is -0.824. The van der Waals surface area contributed by atoms with Crippen LogP contribution < -0.4 is 5.32 Å². The number of ether oxygens (including phenoxy) is 1. The van der Waals surface area contributed by atoms with Gasteiger partial charge in [0.05, 0.1) is 0 Å². The number of benzene rings is 1. The number of carbonyl (C=O) groups excluding carboxylic acids is 2. The van der Waals surface area contributed by atoms with Crippen LogP contribution in [0, 0.1) is 13.8 Å². The molecule has 0 aliphatic rings. The smallest absolute Gasteiger partial charge is 0.349 e. The molecule has 0 aliphatic carbocycles. The Morgan fingerprint density at radius 3 is 2.46 bits per heavy atom. The second kappa shape index (κ2) is 8.11. The molecule has 0 saturated heterocycles. The molecule has 0 spiro atoms. The highest BCUT2D eigenvalue weighted by molar-refractivity contribution is 7.14. The molecule has 5 heteroatoms. The fourth-order valence-corrected chi connectivity index (χ4v) is 3.28. The van der Waals surface area contributed by atoms with Gasteiger partial charge in [0, 0.05) is 11.4 Å². The topological polar surface area (TPSA) is 55.4 Å². The second-order valence-corrected chi connectivity index (χ2v) is 6.96. The van der Waals surface area contributed by atoms with Crippen molar-refractivity contribution in [3.63, 3.8) is 0 Å². The van der Waals surface area contributed by atoms with Gasteiger partial charge >= 0.3 is 5.97 Å².